The number of ketones is 2. The van der Waals surface area contributed by atoms with Crippen molar-refractivity contribution in [1.29, 1.82) is 0 Å². The highest BCUT2D eigenvalue weighted by Gasteiger charge is 2.16. The molecule has 0 fully saturated rings. The summed E-state index contributed by atoms with van der Waals surface area (Å²) in [4.78, 5) is 36.3. The maximum absolute atomic E-state index is 12.4. The van der Waals surface area contributed by atoms with Crippen molar-refractivity contribution in [3.63, 3.8) is 0 Å². The molecule has 146 valence electrons. The Morgan fingerprint density at radius 2 is 1.41 bits per heavy atom. The van der Waals surface area contributed by atoms with Crippen molar-refractivity contribution in [3.8, 4) is 5.75 Å². The molecule has 0 aliphatic carbocycles. The Hall–Kier alpha value is -3.73. The predicted molar refractivity (Wildman–Crippen MR) is 111 cm³/mol. The highest BCUT2D eigenvalue weighted by atomic mass is 16.5. The van der Waals surface area contributed by atoms with Crippen LogP contribution in [0.4, 0.5) is 5.69 Å². The molecule has 1 N–H and O–H groups in total. The maximum atomic E-state index is 12.4. The standard InChI is InChI=1S/C24H21NO4/c1-16(26)20-9-6-10-21(15-20)25-24(28)17(2)29-22-13-11-19(12-14-22)23(27)18-7-4-3-5-8-18/h3-15,17H,1-2H3,(H,25,28)/t17-/m1/s1. The van der Waals surface area contributed by atoms with E-state index in [4.69, 9.17) is 4.74 Å². The van der Waals surface area contributed by atoms with Gasteiger partial charge in [0, 0.05) is 22.4 Å². The van der Waals surface area contributed by atoms with E-state index in [9.17, 15) is 14.4 Å². The predicted octanol–water partition coefficient (Wildman–Crippen LogP) is 4.53. The maximum Gasteiger partial charge on any atom is 0.265 e. The van der Waals surface area contributed by atoms with Gasteiger partial charge in [-0.25, -0.2) is 0 Å². The Labute approximate surface area is 169 Å². The molecule has 0 saturated carbocycles. The molecule has 1 atom stereocenters. The number of rotatable bonds is 7. The zero-order valence-electron chi connectivity index (χ0n) is 16.2. The van der Waals surface area contributed by atoms with Gasteiger partial charge in [0.25, 0.3) is 5.91 Å². The summed E-state index contributed by atoms with van der Waals surface area (Å²) in [6.07, 6.45) is -0.758. The van der Waals surface area contributed by atoms with Gasteiger partial charge in [0.1, 0.15) is 5.75 Å². The molecule has 0 bridgehead atoms. The molecule has 1 amide bonds. The molecule has 0 unspecified atom stereocenters. The quantitative estimate of drug-likeness (QED) is 0.605. The summed E-state index contributed by atoms with van der Waals surface area (Å²) in [5.74, 6) is -0.00581. The number of benzene rings is 3. The van der Waals surface area contributed by atoms with E-state index >= 15 is 0 Å². The Morgan fingerprint density at radius 1 is 0.793 bits per heavy atom. The molecule has 0 aliphatic rings. The normalized spacial score (nSPS) is 11.4. The third-order valence-corrected chi connectivity index (χ3v) is 4.37. The molecule has 0 saturated heterocycles. The van der Waals surface area contributed by atoms with Gasteiger partial charge in [0.05, 0.1) is 0 Å². The Balaban J connectivity index is 1.62. The lowest BCUT2D eigenvalue weighted by Gasteiger charge is -2.15. The van der Waals surface area contributed by atoms with Gasteiger partial charge in [-0.05, 0) is 50.2 Å². The number of nitrogens with one attached hydrogen (secondary N) is 1. The van der Waals surface area contributed by atoms with Crippen LogP contribution in [0.2, 0.25) is 0 Å². The number of Topliss-reactive ketones (excluding diaryl/α,β-unsaturated/α-hetero) is 1. The zero-order valence-corrected chi connectivity index (χ0v) is 16.2. The molecule has 0 radical (unpaired) electrons. The second kappa shape index (κ2) is 8.97. The van der Waals surface area contributed by atoms with Crippen molar-refractivity contribution in [1.82, 2.24) is 0 Å². The Bertz CT molecular complexity index is 1030. The third-order valence-electron chi connectivity index (χ3n) is 4.37. The Kier molecular flexibility index (Phi) is 6.19. The van der Waals surface area contributed by atoms with E-state index in [1.54, 1.807) is 67.6 Å². The van der Waals surface area contributed by atoms with Gasteiger partial charge in [0.15, 0.2) is 17.7 Å². The molecular formula is C24H21NO4. The minimum absolute atomic E-state index is 0.0736. The summed E-state index contributed by atoms with van der Waals surface area (Å²) in [5, 5.41) is 2.74. The van der Waals surface area contributed by atoms with Crippen molar-refractivity contribution >= 4 is 23.2 Å². The molecule has 0 heterocycles. The van der Waals surface area contributed by atoms with Crippen molar-refractivity contribution in [2.75, 3.05) is 5.32 Å². The summed E-state index contributed by atoms with van der Waals surface area (Å²) < 4.78 is 5.68. The van der Waals surface area contributed by atoms with Crippen LogP contribution in [-0.4, -0.2) is 23.6 Å². The first-order valence-electron chi connectivity index (χ1n) is 9.22. The van der Waals surface area contributed by atoms with E-state index in [1.807, 2.05) is 18.2 Å². The number of carbonyl (C=O) groups is 3. The molecular weight excluding hydrogens is 366 g/mol. The average Bonchev–Trinajstić information content (AvgIpc) is 2.74. The van der Waals surface area contributed by atoms with Gasteiger partial charge in [-0.15, -0.1) is 0 Å². The molecule has 5 nitrogen and oxygen atoms in total. The molecule has 5 heteroatoms. The lowest BCUT2D eigenvalue weighted by molar-refractivity contribution is -0.122. The van der Waals surface area contributed by atoms with Gasteiger partial charge in [-0.1, -0.05) is 42.5 Å². The summed E-state index contributed by atoms with van der Waals surface area (Å²) >= 11 is 0. The second-order valence-electron chi connectivity index (χ2n) is 6.61. The second-order valence-corrected chi connectivity index (χ2v) is 6.61. The van der Waals surface area contributed by atoms with Crippen LogP contribution < -0.4 is 10.1 Å². The molecule has 29 heavy (non-hydrogen) atoms. The van der Waals surface area contributed by atoms with Crippen LogP contribution >= 0.6 is 0 Å². The lowest BCUT2D eigenvalue weighted by atomic mass is 10.0. The van der Waals surface area contributed by atoms with E-state index in [-0.39, 0.29) is 17.5 Å². The smallest absolute Gasteiger partial charge is 0.265 e. The van der Waals surface area contributed by atoms with Crippen LogP contribution in [0.1, 0.15) is 40.1 Å². The lowest BCUT2D eigenvalue weighted by Crippen LogP contribution is -2.30. The fraction of sp³-hybridized carbons (Fsp3) is 0.125. The first kappa shape index (κ1) is 20.0. The molecule has 3 rings (SSSR count). The van der Waals surface area contributed by atoms with Crippen LogP contribution in [-0.2, 0) is 4.79 Å². The van der Waals surface area contributed by atoms with E-state index in [2.05, 4.69) is 5.32 Å². The minimum Gasteiger partial charge on any atom is -0.481 e. The van der Waals surface area contributed by atoms with Gasteiger partial charge >= 0.3 is 0 Å². The van der Waals surface area contributed by atoms with Gasteiger partial charge < -0.3 is 10.1 Å². The van der Waals surface area contributed by atoms with E-state index in [0.29, 0.717) is 28.1 Å². The van der Waals surface area contributed by atoms with Crippen molar-refractivity contribution < 1.29 is 19.1 Å². The zero-order chi connectivity index (χ0) is 20.8. The van der Waals surface area contributed by atoms with Crippen molar-refractivity contribution in [2.24, 2.45) is 0 Å². The van der Waals surface area contributed by atoms with E-state index < -0.39 is 6.10 Å². The highest BCUT2D eigenvalue weighted by Crippen LogP contribution is 2.18. The van der Waals surface area contributed by atoms with Crippen LogP contribution in [0.3, 0.4) is 0 Å². The number of amides is 1. The van der Waals surface area contributed by atoms with Crippen molar-refractivity contribution in [2.45, 2.75) is 20.0 Å². The third kappa shape index (κ3) is 5.17. The SMILES string of the molecule is CC(=O)c1cccc(NC(=O)[C@@H](C)Oc2ccc(C(=O)c3ccccc3)cc2)c1. The fourth-order valence-corrected chi connectivity index (χ4v) is 2.76. The summed E-state index contributed by atoms with van der Waals surface area (Å²) in [6.45, 7) is 3.10. The van der Waals surface area contributed by atoms with Crippen LogP contribution in [0.5, 0.6) is 5.75 Å². The fourth-order valence-electron chi connectivity index (χ4n) is 2.76. The largest absolute Gasteiger partial charge is 0.481 e. The number of ether oxygens (including phenoxy) is 1. The van der Waals surface area contributed by atoms with E-state index in [1.165, 1.54) is 6.92 Å². The summed E-state index contributed by atoms with van der Waals surface area (Å²) in [6, 6.07) is 22.4. The minimum atomic E-state index is -0.758. The number of hydrogen-bond donors (Lipinski definition) is 1. The molecule has 3 aromatic carbocycles. The molecule has 0 spiro atoms. The summed E-state index contributed by atoms with van der Waals surface area (Å²) in [5.41, 5.74) is 2.21. The van der Waals surface area contributed by atoms with Crippen LogP contribution in [0.15, 0.2) is 78.9 Å². The van der Waals surface area contributed by atoms with Crippen LogP contribution in [0.25, 0.3) is 0 Å². The Morgan fingerprint density at radius 3 is 2.07 bits per heavy atom. The molecule has 0 aromatic heterocycles. The first-order chi connectivity index (χ1) is 13.9. The van der Waals surface area contributed by atoms with Crippen LogP contribution in [0, 0.1) is 0 Å². The average molecular weight is 387 g/mol. The number of anilines is 1. The van der Waals surface area contributed by atoms with Gasteiger partial charge in [0.2, 0.25) is 0 Å². The topological polar surface area (TPSA) is 72.5 Å². The van der Waals surface area contributed by atoms with Gasteiger partial charge in [-0.2, -0.15) is 0 Å². The molecule has 0 aliphatic heterocycles. The monoisotopic (exact) mass is 387 g/mol. The first-order valence-corrected chi connectivity index (χ1v) is 9.22. The summed E-state index contributed by atoms with van der Waals surface area (Å²) in [7, 11) is 0. The van der Waals surface area contributed by atoms with E-state index in [0.717, 1.165) is 0 Å². The highest BCUT2D eigenvalue weighted by molar-refractivity contribution is 6.09. The van der Waals surface area contributed by atoms with Gasteiger partial charge in [-0.3, -0.25) is 14.4 Å². The van der Waals surface area contributed by atoms with Crippen molar-refractivity contribution in [3.05, 3.63) is 95.6 Å². The number of hydrogen-bond acceptors (Lipinski definition) is 4. The number of carbonyl (C=O) groups excluding carboxylic acids is 3. The molecule has 3 aromatic rings.